The van der Waals surface area contributed by atoms with E-state index >= 15 is 0 Å². The minimum absolute atomic E-state index is 0.00159. The molecule has 1 aliphatic rings. The van der Waals surface area contributed by atoms with Gasteiger partial charge < -0.3 is 15.0 Å². The zero-order valence-corrected chi connectivity index (χ0v) is 13.0. The van der Waals surface area contributed by atoms with E-state index < -0.39 is 5.41 Å². The summed E-state index contributed by atoms with van der Waals surface area (Å²) in [5, 5.41) is 2.84. The lowest BCUT2D eigenvalue weighted by Crippen LogP contribution is -2.39. The number of carbonyl (C=O) groups excluding carboxylic acids is 2. The molecule has 0 saturated heterocycles. The second kappa shape index (κ2) is 5.76. The SMILES string of the molecule is CCCC(=O)Nc1ccc2c(c1)N(C)C(=O)C(C)(C)CO2. The number of nitrogens with zero attached hydrogens (tertiary/aromatic N) is 1. The van der Waals surface area contributed by atoms with Crippen LogP contribution in [0.1, 0.15) is 33.6 Å². The Bertz CT molecular complexity index is 567. The van der Waals surface area contributed by atoms with Crippen molar-refractivity contribution in [3.8, 4) is 5.75 Å². The first-order chi connectivity index (χ1) is 9.85. The zero-order chi connectivity index (χ0) is 15.6. The minimum Gasteiger partial charge on any atom is -0.490 e. The van der Waals surface area contributed by atoms with E-state index in [0.717, 1.165) is 6.42 Å². The number of fused-ring (bicyclic) bond motifs is 1. The molecule has 0 atom stereocenters. The van der Waals surface area contributed by atoms with Crippen LogP contribution in [0, 0.1) is 5.41 Å². The van der Waals surface area contributed by atoms with E-state index in [1.54, 1.807) is 30.1 Å². The molecule has 5 heteroatoms. The number of carbonyl (C=O) groups is 2. The van der Waals surface area contributed by atoms with Crippen LogP contribution in [0.5, 0.6) is 5.75 Å². The van der Waals surface area contributed by atoms with Gasteiger partial charge >= 0.3 is 0 Å². The summed E-state index contributed by atoms with van der Waals surface area (Å²) in [5.41, 5.74) is 0.786. The molecule has 0 spiro atoms. The first kappa shape index (κ1) is 15.4. The van der Waals surface area contributed by atoms with Crippen LogP contribution in [-0.2, 0) is 9.59 Å². The second-order valence-electron chi connectivity index (χ2n) is 6.02. The number of amides is 2. The first-order valence-corrected chi connectivity index (χ1v) is 7.20. The minimum atomic E-state index is -0.570. The van der Waals surface area contributed by atoms with Crippen molar-refractivity contribution in [2.75, 3.05) is 23.9 Å². The van der Waals surface area contributed by atoms with Crippen LogP contribution in [0.4, 0.5) is 11.4 Å². The van der Waals surface area contributed by atoms with E-state index in [9.17, 15) is 9.59 Å². The van der Waals surface area contributed by atoms with E-state index in [4.69, 9.17) is 4.74 Å². The molecule has 1 aliphatic heterocycles. The predicted octanol–water partition coefficient (Wildman–Crippen LogP) is 2.81. The molecule has 5 nitrogen and oxygen atoms in total. The summed E-state index contributed by atoms with van der Waals surface area (Å²) in [5.74, 6) is 0.629. The lowest BCUT2D eigenvalue weighted by Gasteiger charge is -2.24. The van der Waals surface area contributed by atoms with Crippen molar-refractivity contribution in [3.05, 3.63) is 18.2 Å². The number of rotatable bonds is 3. The maximum absolute atomic E-state index is 12.4. The molecule has 1 N–H and O–H groups in total. The molecule has 0 saturated carbocycles. The monoisotopic (exact) mass is 290 g/mol. The summed E-state index contributed by atoms with van der Waals surface area (Å²) in [7, 11) is 1.73. The summed E-state index contributed by atoms with van der Waals surface area (Å²) < 4.78 is 5.74. The molecular formula is C16H22N2O3. The Kier molecular flexibility index (Phi) is 4.21. The van der Waals surface area contributed by atoms with Gasteiger partial charge in [0.1, 0.15) is 12.4 Å². The van der Waals surface area contributed by atoms with Crippen LogP contribution < -0.4 is 15.0 Å². The van der Waals surface area contributed by atoms with Crippen LogP contribution in [-0.4, -0.2) is 25.5 Å². The van der Waals surface area contributed by atoms with Gasteiger partial charge in [0, 0.05) is 19.2 Å². The number of hydrogen-bond acceptors (Lipinski definition) is 3. The molecule has 0 radical (unpaired) electrons. The lowest BCUT2D eigenvalue weighted by atomic mass is 9.93. The Morgan fingerprint density at radius 2 is 2.14 bits per heavy atom. The third-order valence-electron chi connectivity index (χ3n) is 3.55. The third kappa shape index (κ3) is 3.17. The summed E-state index contributed by atoms with van der Waals surface area (Å²) in [6.45, 7) is 6.02. The highest BCUT2D eigenvalue weighted by atomic mass is 16.5. The van der Waals surface area contributed by atoms with Crippen LogP contribution in [0.25, 0.3) is 0 Å². The summed E-state index contributed by atoms with van der Waals surface area (Å²) in [6, 6.07) is 5.37. The fraction of sp³-hybridized carbons (Fsp3) is 0.500. The largest absolute Gasteiger partial charge is 0.490 e. The Balaban J connectivity index is 2.30. The van der Waals surface area contributed by atoms with Gasteiger partial charge in [0.2, 0.25) is 11.8 Å². The standard InChI is InChI=1S/C16H22N2O3/c1-5-6-14(19)17-11-7-8-13-12(9-11)18(4)15(20)16(2,3)10-21-13/h7-9H,5-6,10H2,1-4H3,(H,17,19). The van der Waals surface area contributed by atoms with E-state index in [2.05, 4.69) is 5.32 Å². The maximum atomic E-state index is 12.4. The van der Waals surface area contributed by atoms with Gasteiger partial charge in [-0.1, -0.05) is 6.92 Å². The molecule has 0 bridgehead atoms. The zero-order valence-electron chi connectivity index (χ0n) is 13.0. The summed E-state index contributed by atoms with van der Waals surface area (Å²) in [6.07, 6.45) is 1.28. The van der Waals surface area contributed by atoms with Crippen molar-refractivity contribution in [2.24, 2.45) is 5.41 Å². The number of benzene rings is 1. The molecule has 0 aliphatic carbocycles. The summed E-state index contributed by atoms with van der Waals surface area (Å²) >= 11 is 0. The topological polar surface area (TPSA) is 58.6 Å². The third-order valence-corrected chi connectivity index (χ3v) is 3.55. The first-order valence-electron chi connectivity index (χ1n) is 7.20. The molecule has 2 rings (SSSR count). The van der Waals surface area contributed by atoms with Crippen LogP contribution in [0.15, 0.2) is 18.2 Å². The number of ether oxygens (including phenoxy) is 1. The highest BCUT2D eigenvalue weighted by Gasteiger charge is 2.36. The lowest BCUT2D eigenvalue weighted by molar-refractivity contribution is -0.127. The maximum Gasteiger partial charge on any atom is 0.235 e. The van der Waals surface area contributed by atoms with Crippen molar-refractivity contribution < 1.29 is 14.3 Å². The molecule has 1 heterocycles. The number of hydrogen-bond donors (Lipinski definition) is 1. The van der Waals surface area contributed by atoms with Gasteiger partial charge in [-0.2, -0.15) is 0 Å². The normalized spacial score (nSPS) is 16.8. The molecule has 1 aromatic rings. The van der Waals surface area contributed by atoms with Crippen molar-refractivity contribution in [1.82, 2.24) is 0 Å². The number of nitrogens with one attached hydrogen (secondary N) is 1. The van der Waals surface area contributed by atoms with E-state index in [1.807, 2.05) is 20.8 Å². The Morgan fingerprint density at radius 1 is 1.43 bits per heavy atom. The van der Waals surface area contributed by atoms with Gasteiger partial charge in [-0.3, -0.25) is 9.59 Å². The Hall–Kier alpha value is -2.04. The van der Waals surface area contributed by atoms with Gasteiger partial charge in [0.25, 0.3) is 0 Å². The van der Waals surface area contributed by atoms with Crippen molar-refractivity contribution in [1.29, 1.82) is 0 Å². The van der Waals surface area contributed by atoms with Crippen LogP contribution in [0.2, 0.25) is 0 Å². The molecule has 21 heavy (non-hydrogen) atoms. The Morgan fingerprint density at radius 3 is 2.81 bits per heavy atom. The smallest absolute Gasteiger partial charge is 0.235 e. The van der Waals surface area contributed by atoms with Gasteiger partial charge in [-0.15, -0.1) is 0 Å². The number of anilines is 2. The van der Waals surface area contributed by atoms with E-state index in [1.165, 1.54) is 0 Å². The molecule has 0 aromatic heterocycles. The fourth-order valence-corrected chi connectivity index (χ4v) is 2.31. The predicted molar refractivity (Wildman–Crippen MR) is 82.7 cm³/mol. The second-order valence-corrected chi connectivity index (χ2v) is 6.02. The molecular weight excluding hydrogens is 268 g/mol. The molecule has 2 amide bonds. The average Bonchev–Trinajstić information content (AvgIpc) is 2.51. The molecule has 1 aromatic carbocycles. The van der Waals surface area contributed by atoms with Gasteiger partial charge in [0.15, 0.2) is 0 Å². The summed E-state index contributed by atoms with van der Waals surface area (Å²) in [4.78, 5) is 25.7. The quantitative estimate of drug-likeness (QED) is 0.931. The average molecular weight is 290 g/mol. The van der Waals surface area contributed by atoms with Crippen LogP contribution >= 0.6 is 0 Å². The Labute approximate surface area is 125 Å². The fourth-order valence-electron chi connectivity index (χ4n) is 2.31. The van der Waals surface area contributed by atoms with Gasteiger partial charge in [-0.05, 0) is 38.5 Å². The highest BCUT2D eigenvalue weighted by Crippen LogP contribution is 2.37. The van der Waals surface area contributed by atoms with E-state index in [0.29, 0.717) is 30.2 Å². The molecule has 0 unspecified atom stereocenters. The van der Waals surface area contributed by atoms with Gasteiger partial charge in [0.05, 0.1) is 11.1 Å². The van der Waals surface area contributed by atoms with Crippen molar-refractivity contribution in [3.63, 3.8) is 0 Å². The van der Waals surface area contributed by atoms with Crippen LogP contribution in [0.3, 0.4) is 0 Å². The van der Waals surface area contributed by atoms with Gasteiger partial charge in [-0.25, -0.2) is 0 Å². The van der Waals surface area contributed by atoms with E-state index in [-0.39, 0.29) is 11.8 Å². The van der Waals surface area contributed by atoms with Crippen molar-refractivity contribution >= 4 is 23.2 Å². The molecule has 0 fully saturated rings. The highest BCUT2D eigenvalue weighted by molar-refractivity contribution is 6.00. The molecule has 114 valence electrons. The van der Waals surface area contributed by atoms with Crippen molar-refractivity contribution in [2.45, 2.75) is 33.6 Å².